The van der Waals surface area contributed by atoms with E-state index in [1.54, 1.807) is 6.08 Å². The average molecular weight is 337 g/mol. The van der Waals surface area contributed by atoms with Gasteiger partial charge in [-0.2, -0.15) is 5.10 Å². The molecular formula is C11H21ClN6S2. The molecule has 0 aliphatic carbocycles. The Hall–Kier alpha value is -1.35. The van der Waals surface area contributed by atoms with Crippen molar-refractivity contribution in [3.63, 3.8) is 0 Å². The number of halogens is 1. The zero-order chi connectivity index (χ0) is 14.7. The second-order valence-corrected chi connectivity index (χ2v) is 4.58. The predicted molar refractivity (Wildman–Crippen MR) is 92.4 cm³/mol. The van der Waals surface area contributed by atoms with E-state index in [9.17, 15) is 0 Å². The fourth-order valence-corrected chi connectivity index (χ4v) is 1.98. The van der Waals surface area contributed by atoms with Gasteiger partial charge in [0.2, 0.25) is 4.80 Å². The van der Waals surface area contributed by atoms with Gasteiger partial charge in [0.1, 0.15) is 0 Å². The number of rotatable bonds is 4. The summed E-state index contributed by atoms with van der Waals surface area (Å²) < 4.78 is 2.01. The number of nitrogens with zero attached hydrogens (tertiary/aromatic N) is 2. The number of hydrazine groups is 1. The average Bonchev–Trinajstić information content (AvgIpc) is 2.78. The molecule has 0 aromatic carbocycles. The molecule has 0 bridgehead atoms. The maximum absolute atomic E-state index is 5.17. The van der Waals surface area contributed by atoms with E-state index >= 15 is 0 Å². The van der Waals surface area contributed by atoms with E-state index in [0.717, 1.165) is 11.3 Å². The van der Waals surface area contributed by atoms with Crippen molar-refractivity contribution in [2.75, 3.05) is 6.54 Å². The Kier molecular flexibility index (Phi) is 13.3. The van der Waals surface area contributed by atoms with Crippen LogP contribution in [0.5, 0.6) is 0 Å². The lowest BCUT2D eigenvalue weighted by atomic mass is 10.5. The van der Waals surface area contributed by atoms with Crippen molar-refractivity contribution < 1.29 is 0 Å². The first kappa shape index (κ1) is 21.0. The first-order valence-electron chi connectivity index (χ1n) is 5.45. The lowest BCUT2D eigenvalue weighted by Gasteiger charge is -2.00. The molecule has 114 valence electrons. The zero-order valence-corrected chi connectivity index (χ0v) is 13.8. The van der Waals surface area contributed by atoms with E-state index in [1.807, 2.05) is 22.9 Å². The topological polar surface area (TPSA) is 93.4 Å². The highest BCUT2D eigenvalue weighted by molar-refractivity contribution is 7.80. The van der Waals surface area contributed by atoms with Crippen LogP contribution in [0.3, 0.4) is 0 Å². The molecule has 0 amide bonds. The highest BCUT2D eigenvalue weighted by atomic mass is 35.5. The van der Waals surface area contributed by atoms with E-state index in [-0.39, 0.29) is 12.4 Å². The van der Waals surface area contributed by atoms with Gasteiger partial charge in [0, 0.05) is 24.2 Å². The fraction of sp³-hybridized carbons (Fsp3) is 0.273. The van der Waals surface area contributed by atoms with Crippen molar-refractivity contribution in [3.05, 3.63) is 41.2 Å². The van der Waals surface area contributed by atoms with Gasteiger partial charge in [-0.05, 0) is 19.1 Å². The summed E-state index contributed by atoms with van der Waals surface area (Å²) in [5.74, 6) is 10.1. The van der Waals surface area contributed by atoms with Crippen molar-refractivity contribution >= 4 is 41.1 Å². The lowest BCUT2D eigenvalue weighted by Crippen LogP contribution is -2.39. The normalized spacial score (nSPS) is 9.60. The maximum atomic E-state index is 5.17. The monoisotopic (exact) mass is 336 g/mol. The standard InChI is InChI=1S/C7H11N3S.C4H9N3S.ClH/c1-3-4-10-6(2)5-11-7(10)9-8;1-2-3-6-4(8)7-5;/h3,5H,1,4,8H2,2H3;2H,1,3,5H2,(H2,6,7,8);1H. The minimum absolute atomic E-state index is 0. The molecule has 9 heteroatoms. The minimum atomic E-state index is 0. The number of aryl methyl sites for hydroxylation is 1. The summed E-state index contributed by atoms with van der Waals surface area (Å²) in [5.41, 5.74) is 3.44. The van der Waals surface area contributed by atoms with E-state index in [1.165, 1.54) is 17.0 Å². The molecule has 0 aliphatic rings. The Bertz CT molecular complexity index is 480. The Morgan fingerprint density at radius 1 is 1.55 bits per heavy atom. The van der Waals surface area contributed by atoms with E-state index in [4.69, 9.17) is 11.7 Å². The smallest absolute Gasteiger partial charge is 0.207 e. The van der Waals surface area contributed by atoms with Gasteiger partial charge < -0.3 is 21.2 Å². The minimum Gasteiger partial charge on any atom is -0.358 e. The molecule has 1 heterocycles. The van der Waals surface area contributed by atoms with Gasteiger partial charge in [-0.1, -0.05) is 12.2 Å². The largest absolute Gasteiger partial charge is 0.358 e. The summed E-state index contributed by atoms with van der Waals surface area (Å²) in [7, 11) is 0. The number of allylic oxidation sites excluding steroid dienone is 1. The second-order valence-electron chi connectivity index (χ2n) is 3.33. The molecule has 0 saturated heterocycles. The molecule has 0 radical (unpaired) electrons. The summed E-state index contributed by atoms with van der Waals surface area (Å²) in [4.78, 5) is 0.836. The summed E-state index contributed by atoms with van der Waals surface area (Å²) in [6.45, 7) is 10.6. The Morgan fingerprint density at radius 2 is 2.20 bits per heavy atom. The first-order chi connectivity index (χ1) is 9.10. The highest BCUT2D eigenvalue weighted by Crippen LogP contribution is 1.98. The third-order valence-corrected chi connectivity index (χ3v) is 3.21. The van der Waals surface area contributed by atoms with Crippen molar-refractivity contribution in [1.82, 2.24) is 15.3 Å². The maximum Gasteiger partial charge on any atom is 0.207 e. The van der Waals surface area contributed by atoms with Gasteiger partial charge in [0.05, 0.1) is 0 Å². The second kappa shape index (κ2) is 12.7. The number of thiazole rings is 1. The molecule has 0 saturated carbocycles. The van der Waals surface area contributed by atoms with Crippen LogP contribution in [0, 0.1) is 6.92 Å². The molecule has 0 atom stereocenters. The molecule has 0 aliphatic heterocycles. The van der Waals surface area contributed by atoms with Crippen LogP contribution < -0.4 is 27.2 Å². The van der Waals surface area contributed by atoms with Gasteiger partial charge in [0.15, 0.2) is 5.11 Å². The van der Waals surface area contributed by atoms with Crippen LogP contribution in [0.25, 0.3) is 0 Å². The molecule has 1 rings (SSSR count). The molecule has 1 aromatic heterocycles. The van der Waals surface area contributed by atoms with Gasteiger partial charge in [-0.15, -0.1) is 36.9 Å². The molecule has 0 spiro atoms. The van der Waals surface area contributed by atoms with E-state index in [0.29, 0.717) is 11.7 Å². The van der Waals surface area contributed by atoms with Crippen LogP contribution in [0.4, 0.5) is 0 Å². The third kappa shape index (κ3) is 7.95. The zero-order valence-electron chi connectivity index (χ0n) is 11.3. The number of hydrogen-bond donors (Lipinski definition) is 4. The Balaban J connectivity index is 0. The van der Waals surface area contributed by atoms with Crippen molar-refractivity contribution in [2.24, 2.45) is 16.8 Å². The number of nitrogens with one attached hydrogen (secondary N) is 2. The Morgan fingerprint density at radius 3 is 2.65 bits per heavy atom. The highest BCUT2D eigenvalue weighted by Gasteiger charge is 1.96. The summed E-state index contributed by atoms with van der Waals surface area (Å²) >= 11 is 6.17. The number of nitrogens with two attached hydrogens (primary N) is 2. The first-order valence-corrected chi connectivity index (χ1v) is 6.74. The molecule has 0 fully saturated rings. The van der Waals surface area contributed by atoms with Crippen molar-refractivity contribution in [2.45, 2.75) is 13.5 Å². The molecule has 6 N–H and O–H groups in total. The lowest BCUT2D eigenvalue weighted by molar-refractivity contribution is 0.751. The van der Waals surface area contributed by atoms with Gasteiger partial charge >= 0.3 is 0 Å². The third-order valence-electron chi connectivity index (χ3n) is 1.95. The summed E-state index contributed by atoms with van der Waals surface area (Å²) in [6.07, 6.45) is 3.53. The van der Waals surface area contributed by atoms with Crippen molar-refractivity contribution in [3.8, 4) is 0 Å². The van der Waals surface area contributed by atoms with Crippen molar-refractivity contribution in [1.29, 1.82) is 0 Å². The van der Waals surface area contributed by atoms with E-state index < -0.39 is 0 Å². The number of hydrogen-bond acceptors (Lipinski definition) is 5. The summed E-state index contributed by atoms with van der Waals surface area (Å²) in [5, 5.41) is 8.86. The van der Waals surface area contributed by atoms with Gasteiger partial charge in [-0.3, -0.25) is 0 Å². The van der Waals surface area contributed by atoms with Crippen LogP contribution in [-0.4, -0.2) is 16.2 Å². The predicted octanol–water partition coefficient (Wildman–Crippen LogP) is 0.750. The molecule has 0 unspecified atom stereocenters. The molecule has 1 aromatic rings. The number of aromatic nitrogens is 1. The van der Waals surface area contributed by atoms with Crippen LogP contribution in [0.2, 0.25) is 0 Å². The molecule has 20 heavy (non-hydrogen) atoms. The number of thiocarbonyl (C=S) groups is 1. The summed E-state index contributed by atoms with van der Waals surface area (Å²) in [6, 6.07) is 0. The molecule has 6 nitrogen and oxygen atoms in total. The van der Waals surface area contributed by atoms with Crippen LogP contribution in [0.1, 0.15) is 5.69 Å². The SMILES string of the molecule is C=CCNC(=S)NN.C=CCn1c(C)csc1=NN.Cl. The Labute approximate surface area is 134 Å². The molecular weight excluding hydrogens is 316 g/mol. The van der Waals surface area contributed by atoms with Crippen LogP contribution in [-0.2, 0) is 6.54 Å². The fourth-order valence-electron chi connectivity index (χ4n) is 1.08. The van der Waals surface area contributed by atoms with Crippen LogP contribution in [0.15, 0.2) is 35.8 Å². The quantitative estimate of drug-likeness (QED) is 0.282. The van der Waals surface area contributed by atoms with Gasteiger partial charge in [-0.25, -0.2) is 5.84 Å². The van der Waals surface area contributed by atoms with Crippen LogP contribution >= 0.6 is 36.0 Å². The van der Waals surface area contributed by atoms with Gasteiger partial charge in [0.25, 0.3) is 0 Å². The van der Waals surface area contributed by atoms with E-state index in [2.05, 4.69) is 41.2 Å².